The molecule has 0 fully saturated rings. The third kappa shape index (κ3) is 1.22. The van der Waals surface area contributed by atoms with Crippen LogP contribution in [0.2, 0.25) is 0 Å². The third-order valence-electron chi connectivity index (χ3n) is 1.14. The second-order valence-electron chi connectivity index (χ2n) is 1.93. The normalized spacial score (nSPS) is 9.60. The largest absolute Gasteiger partial charge is 0.778 e. The van der Waals surface area contributed by atoms with Crippen LogP contribution < -0.4 is 11.5 Å². The molecule has 0 radical (unpaired) electrons. The highest BCUT2D eigenvalue weighted by Crippen LogP contribution is 2.19. The minimum absolute atomic E-state index is 0.515. The Morgan fingerprint density at radius 1 is 0.900 bits per heavy atom. The van der Waals surface area contributed by atoms with Crippen LogP contribution in [0.25, 0.3) is 0 Å². The van der Waals surface area contributed by atoms with Crippen molar-refractivity contribution in [2.75, 3.05) is 11.5 Å². The molecule has 4 N–H and O–H groups in total. The first-order chi connectivity index (χ1) is 4.61. The fraction of sp³-hybridized carbons (Fsp3) is 0. The Hall–Kier alpha value is -0.740. The lowest BCUT2D eigenvalue weighted by Crippen LogP contribution is -1.94. The molecule has 2 nitrogen and oxygen atoms in total. The van der Waals surface area contributed by atoms with Crippen molar-refractivity contribution in [2.45, 2.75) is 9.79 Å². The number of nitrogens with two attached hydrogens (primary N) is 2. The first kappa shape index (κ1) is 7.37. The molecule has 0 unspecified atom stereocenters. The summed E-state index contributed by atoms with van der Waals surface area (Å²) >= 11 is 9.71. The quantitative estimate of drug-likeness (QED) is 0.444. The highest BCUT2D eigenvalue weighted by atomic mass is 32.1. The van der Waals surface area contributed by atoms with Crippen LogP contribution >= 0.6 is 0 Å². The van der Waals surface area contributed by atoms with Crippen LogP contribution in [0.15, 0.2) is 21.9 Å². The third-order valence-corrected chi connectivity index (χ3v) is 1.85. The van der Waals surface area contributed by atoms with Gasteiger partial charge in [0, 0.05) is 11.4 Å². The van der Waals surface area contributed by atoms with Gasteiger partial charge in [0.2, 0.25) is 0 Å². The maximum Gasteiger partial charge on any atom is 0.0139 e. The summed E-state index contributed by atoms with van der Waals surface area (Å²) in [6, 6.07) is 3.21. The van der Waals surface area contributed by atoms with Gasteiger partial charge in [-0.1, -0.05) is 6.07 Å². The molecule has 0 spiro atoms. The van der Waals surface area contributed by atoms with E-state index in [0.29, 0.717) is 21.2 Å². The van der Waals surface area contributed by atoms with Crippen LogP contribution in [-0.4, -0.2) is 0 Å². The summed E-state index contributed by atoms with van der Waals surface area (Å²) < 4.78 is 0. The van der Waals surface area contributed by atoms with Crippen LogP contribution in [-0.2, 0) is 25.3 Å². The van der Waals surface area contributed by atoms with Gasteiger partial charge in [0.25, 0.3) is 0 Å². The summed E-state index contributed by atoms with van der Waals surface area (Å²) in [7, 11) is 0. The van der Waals surface area contributed by atoms with Crippen molar-refractivity contribution in [3.8, 4) is 0 Å². The van der Waals surface area contributed by atoms with Gasteiger partial charge in [0.1, 0.15) is 0 Å². The Labute approximate surface area is 70.4 Å². The zero-order valence-corrected chi connectivity index (χ0v) is 6.76. The molecule has 0 heterocycles. The molecule has 4 heteroatoms. The second-order valence-corrected chi connectivity index (χ2v) is 2.81. The van der Waals surface area contributed by atoms with Gasteiger partial charge in [-0.25, -0.2) is 0 Å². The maximum absolute atomic E-state index is 5.46. The van der Waals surface area contributed by atoms with Gasteiger partial charge < -0.3 is 36.7 Å². The van der Waals surface area contributed by atoms with Gasteiger partial charge in [-0.15, -0.1) is 0 Å². The number of benzene rings is 1. The second kappa shape index (κ2) is 2.48. The Morgan fingerprint density at radius 3 is 1.60 bits per heavy atom. The lowest BCUT2D eigenvalue weighted by molar-refractivity contribution is 1.35. The minimum atomic E-state index is 0.515. The van der Waals surface area contributed by atoms with Crippen molar-refractivity contribution in [3.63, 3.8) is 0 Å². The van der Waals surface area contributed by atoms with Crippen LogP contribution in [0.5, 0.6) is 0 Å². The van der Waals surface area contributed by atoms with Gasteiger partial charge in [-0.2, -0.15) is 9.79 Å². The van der Waals surface area contributed by atoms with E-state index in [1.807, 2.05) is 0 Å². The zero-order valence-electron chi connectivity index (χ0n) is 5.13. The number of hydrogen-bond donors (Lipinski definition) is 2. The highest BCUT2D eigenvalue weighted by molar-refractivity contribution is 7.60. The molecule has 0 bridgehead atoms. The summed E-state index contributed by atoms with van der Waals surface area (Å²) in [6.45, 7) is 0. The van der Waals surface area contributed by atoms with Gasteiger partial charge in [0.15, 0.2) is 0 Å². The molecule has 10 heavy (non-hydrogen) atoms. The average molecular weight is 170 g/mol. The molecule has 0 saturated carbocycles. The van der Waals surface area contributed by atoms with Gasteiger partial charge in [-0.05, 0) is 6.07 Å². The van der Waals surface area contributed by atoms with Crippen molar-refractivity contribution >= 4 is 36.6 Å². The summed E-state index contributed by atoms with van der Waals surface area (Å²) in [5, 5.41) is 0. The number of rotatable bonds is 0. The van der Waals surface area contributed by atoms with Crippen molar-refractivity contribution in [3.05, 3.63) is 12.1 Å². The van der Waals surface area contributed by atoms with Gasteiger partial charge >= 0.3 is 0 Å². The van der Waals surface area contributed by atoms with E-state index in [9.17, 15) is 0 Å². The van der Waals surface area contributed by atoms with Crippen molar-refractivity contribution in [2.24, 2.45) is 0 Å². The van der Waals surface area contributed by atoms with Crippen LogP contribution in [0.1, 0.15) is 0 Å². The van der Waals surface area contributed by atoms with Crippen molar-refractivity contribution in [1.82, 2.24) is 0 Å². The molecular formula is C6H6N2S2-2. The monoisotopic (exact) mass is 170 g/mol. The van der Waals surface area contributed by atoms with E-state index in [2.05, 4.69) is 0 Å². The van der Waals surface area contributed by atoms with Gasteiger partial charge in [-0.3, -0.25) is 0 Å². The first-order valence-corrected chi connectivity index (χ1v) is 3.46. The Morgan fingerprint density at radius 2 is 1.30 bits per heavy atom. The van der Waals surface area contributed by atoms with E-state index in [1.54, 1.807) is 12.1 Å². The van der Waals surface area contributed by atoms with E-state index in [0.717, 1.165) is 0 Å². The summed E-state index contributed by atoms with van der Waals surface area (Å²) in [6.07, 6.45) is 0. The van der Waals surface area contributed by atoms with Crippen molar-refractivity contribution in [1.29, 1.82) is 0 Å². The number of hydrogen-bond acceptors (Lipinski definition) is 4. The fourth-order valence-corrected chi connectivity index (χ4v) is 1.02. The average Bonchev–Trinajstić information content (AvgIpc) is 1.84. The predicted octanol–water partition coefficient (Wildman–Crippen LogP) is 0.663. The zero-order chi connectivity index (χ0) is 7.72. The highest BCUT2D eigenvalue weighted by Gasteiger charge is 1.87. The molecule has 0 aliphatic rings. The predicted molar refractivity (Wildman–Crippen MR) is 46.5 cm³/mol. The topological polar surface area (TPSA) is 52.0 Å². The maximum atomic E-state index is 5.46. The molecule has 54 valence electrons. The smallest absolute Gasteiger partial charge is 0.0139 e. The Balaban J connectivity index is 3.28. The molecular weight excluding hydrogens is 164 g/mol. The van der Waals surface area contributed by atoms with Crippen molar-refractivity contribution < 1.29 is 0 Å². The molecule has 0 atom stereocenters. The fourth-order valence-electron chi connectivity index (χ4n) is 0.596. The number of anilines is 2. The Kier molecular flexibility index (Phi) is 1.82. The van der Waals surface area contributed by atoms with Crippen LogP contribution in [0, 0.1) is 0 Å². The van der Waals surface area contributed by atoms with E-state index in [1.165, 1.54) is 0 Å². The lowest BCUT2D eigenvalue weighted by atomic mass is 10.3. The van der Waals surface area contributed by atoms with Gasteiger partial charge in [0.05, 0.1) is 0 Å². The summed E-state index contributed by atoms with van der Waals surface area (Å²) in [4.78, 5) is 1.14. The van der Waals surface area contributed by atoms with Crippen LogP contribution in [0.4, 0.5) is 11.4 Å². The SMILES string of the molecule is Nc1cc(N)c([S-])cc1[S-]. The lowest BCUT2D eigenvalue weighted by Gasteiger charge is -2.17. The number of nitrogen functional groups attached to an aromatic ring is 2. The Bertz CT molecular complexity index is 210. The molecule has 0 saturated heterocycles. The standard InChI is InChI=1S/C6H8N2S2/c7-3-1-4(8)6(10)2-5(3)9/h1-2,9-10H,7-8H2/p-2. The summed E-state index contributed by atoms with van der Waals surface area (Å²) in [5.74, 6) is 0. The van der Waals surface area contributed by atoms with E-state index in [-0.39, 0.29) is 0 Å². The van der Waals surface area contributed by atoms with E-state index >= 15 is 0 Å². The first-order valence-electron chi connectivity index (χ1n) is 2.64. The molecule has 0 amide bonds. The molecule has 0 aromatic heterocycles. The summed E-state index contributed by atoms with van der Waals surface area (Å²) in [5.41, 5.74) is 11.9. The molecule has 0 aliphatic carbocycles. The van der Waals surface area contributed by atoms with E-state index < -0.39 is 0 Å². The van der Waals surface area contributed by atoms with Crippen LogP contribution in [0.3, 0.4) is 0 Å². The molecule has 1 rings (SSSR count). The molecule has 1 aromatic rings. The van der Waals surface area contributed by atoms with E-state index in [4.69, 9.17) is 36.7 Å². The molecule has 0 aliphatic heterocycles. The minimum Gasteiger partial charge on any atom is -0.778 e. The molecule has 1 aromatic carbocycles.